The SMILES string of the molecule is CCS(=O)(=NC#N)c1nn2c(C(N)=O)ccnc2c1-c1nc2cc(C(F)(F)F)ncc2n1C. The van der Waals surface area contributed by atoms with Crippen molar-refractivity contribution in [3.8, 4) is 17.6 Å². The summed E-state index contributed by atoms with van der Waals surface area (Å²) in [7, 11) is -1.92. The van der Waals surface area contributed by atoms with Crippen LogP contribution >= 0.6 is 0 Å². The third kappa shape index (κ3) is 3.44. The summed E-state index contributed by atoms with van der Waals surface area (Å²) < 4.78 is 58.9. The van der Waals surface area contributed by atoms with Gasteiger partial charge < -0.3 is 10.3 Å². The lowest BCUT2D eigenvalue weighted by Crippen LogP contribution is -2.16. The van der Waals surface area contributed by atoms with Gasteiger partial charge in [-0.25, -0.2) is 23.7 Å². The van der Waals surface area contributed by atoms with Gasteiger partial charge in [-0.05, 0) is 12.1 Å². The van der Waals surface area contributed by atoms with Crippen molar-refractivity contribution in [2.45, 2.75) is 18.1 Å². The predicted octanol–water partition coefficient (Wildman–Crippen LogP) is 2.12. The van der Waals surface area contributed by atoms with Gasteiger partial charge in [0, 0.05) is 19.0 Å². The highest BCUT2D eigenvalue weighted by molar-refractivity contribution is 7.93. The normalized spacial score (nSPS) is 13.7. The summed E-state index contributed by atoms with van der Waals surface area (Å²) in [5.74, 6) is -0.931. The van der Waals surface area contributed by atoms with E-state index in [-0.39, 0.29) is 44.5 Å². The molecule has 0 bridgehead atoms. The van der Waals surface area contributed by atoms with E-state index in [1.165, 1.54) is 37.0 Å². The van der Waals surface area contributed by atoms with Crippen molar-refractivity contribution < 1.29 is 22.2 Å². The van der Waals surface area contributed by atoms with Crippen molar-refractivity contribution in [3.05, 3.63) is 35.9 Å². The number of pyridine rings is 1. The molecule has 4 aromatic rings. The summed E-state index contributed by atoms with van der Waals surface area (Å²) in [4.78, 5) is 23.8. The lowest BCUT2D eigenvalue weighted by atomic mass is 10.3. The molecule has 0 spiro atoms. The van der Waals surface area contributed by atoms with Crippen LogP contribution in [0.3, 0.4) is 0 Å². The van der Waals surface area contributed by atoms with Crippen LogP contribution in [0.1, 0.15) is 23.1 Å². The van der Waals surface area contributed by atoms with E-state index in [1.807, 2.05) is 0 Å². The van der Waals surface area contributed by atoms with Crippen LogP contribution < -0.4 is 5.73 Å². The number of halogens is 3. The maximum Gasteiger partial charge on any atom is 0.433 e. The first kappa shape index (κ1) is 22.1. The molecule has 0 aliphatic carbocycles. The number of imidazole rings is 1. The third-order valence-electron chi connectivity index (χ3n) is 4.90. The minimum Gasteiger partial charge on any atom is -0.364 e. The minimum atomic E-state index is -4.68. The third-order valence-corrected chi connectivity index (χ3v) is 6.95. The van der Waals surface area contributed by atoms with Gasteiger partial charge >= 0.3 is 6.18 Å². The van der Waals surface area contributed by atoms with Crippen LogP contribution in [0.4, 0.5) is 13.2 Å². The summed E-state index contributed by atoms with van der Waals surface area (Å²) >= 11 is 0. The Kier molecular flexibility index (Phi) is 5.04. The first-order valence-corrected chi connectivity index (χ1v) is 10.9. The quantitative estimate of drug-likeness (QED) is 0.441. The number of carbonyl (C=O) groups excluding carboxylic acids is 1. The highest BCUT2D eigenvalue weighted by atomic mass is 32.2. The number of fused-ring (bicyclic) bond motifs is 2. The highest BCUT2D eigenvalue weighted by Crippen LogP contribution is 2.35. The first-order chi connectivity index (χ1) is 15.5. The fourth-order valence-electron chi connectivity index (χ4n) is 3.31. The van der Waals surface area contributed by atoms with Crippen LogP contribution in [-0.4, -0.2) is 45.0 Å². The molecule has 0 aliphatic rings. The second-order valence-corrected chi connectivity index (χ2v) is 9.21. The standard InChI is InChI=1S/C18H14F3N9O2S/c1-3-33(32,26-8-22)17-13(15-24-5-4-10(14(23)31)30(15)28-17)16-27-9-6-12(18(19,20)21)25-7-11(9)29(16)2/h4-7H,3H2,1-2H3,(H2,23,31). The fourth-order valence-corrected chi connectivity index (χ4v) is 4.64. The second-order valence-electron chi connectivity index (χ2n) is 6.78. The van der Waals surface area contributed by atoms with E-state index in [4.69, 9.17) is 11.0 Å². The molecule has 1 atom stereocenters. The molecule has 11 nitrogen and oxygen atoms in total. The van der Waals surface area contributed by atoms with Crippen LogP contribution in [0, 0.1) is 11.5 Å². The van der Waals surface area contributed by atoms with Crippen molar-refractivity contribution in [1.82, 2.24) is 29.1 Å². The van der Waals surface area contributed by atoms with E-state index in [0.717, 1.165) is 16.8 Å². The fraction of sp³-hybridized carbons (Fsp3) is 0.222. The van der Waals surface area contributed by atoms with Gasteiger partial charge in [-0.1, -0.05) is 6.92 Å². The Bertz CT molecular complexity index is 1600. The average Bonchev–Trinajstić information content (AvgIpc) is 3.30. The van der Waals surface area contributed by atoms with Crippen molar-refractivity contribution in [2.24, 2.45) is 17.1 Å². The van der Waals surface area contributed by atoms with E-state index >= 15 is 0 Å². The lowest BCUT2D eigenvalue weighted by molar-refractivity contribution is -0.141. The number of aromatic nitrogens is 6. The Hall–Kier alpha value is -4.06. The molecule has 0 saturated heterocycles. The number of carbonyl (C=O) groups is 1. The molecule has 4 heterocycles. The number of nitriles is 1. The van der Waals surface area contributed by atoms with Gasteiger partial charge in [0.15, 0.2) is 10.7 Å². The number of hydrogen-bond acceptors (Lipinski definition) is 8. The molecule has 15 heteroatoms. The maximum atomic E-state index is 13.5. The number of nitrogens with zero attached hydrogens (tertiary/aromatic N) is 8. The Balaban J connectivity index is 2.15. The van der Waals surface area contributed by atoms with Crippen LogP contribution in [0.25, 0.3) is 28.1 Å². The predicted molar refractivity (Wildman–Crippen MR) is 109 cm³/mol. The number of alkyl halides is 3. The Morgan fingerprint density at radius 3 is 2.70 bits per heavy atom. The number of amides is 1. The maximum absolute atomic E-state index is 13.5. The van der Waals surface area contributed by atoms with E-state index in [1.54, 1.807) is 0 Å². The van der Waals surface area contributed by atoms with Crippen LogP contribution in [0.5, 0.6) is 0 Å². The molecule has 33 heavy (non-hydrogen) atoms. The number of primary amides is 1. The van der Waals surface area contributed by atoms with E-state index in [0.29, 0.717) is 0 Å². The molecule has 4 rings (SSSR count). The molecule has 170 valence electrons. The van der Waals surface area contributed by atoms with Gasteiger partial charge in [-0.3, -0.25) is 4.79 Å². The number of nitrogens with two attached hydrogens (primary N) is 1. The molecule has 0 radical (unpaired) electrons. The van der Waals surface area contributed by atoms with Crippen molar-refractivity contribution in [1.29, 1.82) is 5.26 Å². The zero-order valence-electron chi connectivity index (χ0n) is 17.0. The van der Waals surface area contributed by atoms with Gasteiger partial charge in [0.2, 0.25) is 6.19 Å². The minimum absolute atomic E-state index is 0.0121. The topological polar surface area (TPSA) is 157 Å². The molecule has 0 aliphatic heterocycles. The zero-order chi connectivity index (χ0) is 24.1. The largest absolute Gasteiger partial charge is 0.433 e. The Labute approximate surface area is 183 Å². The van der Waals surface area contributed by atoms with E-state index < -0.39 is 27.5 Å². The van der Waals surface area contributed by atoms with E-state index in [2.05, 4.69) is 24.4 Å². The average molecular weight is 477 g/mol. The zero-order valence-corrected chi connectivity index (χ0v) is 17.8. The first-order valence-electron chi connectivity index (χ1n) is 9.22. The molecule has 2 N–H and O–H groups in total. The van der Waals surface area contributed by atoms with Crippen LogP contribution in [-0.2, 0) is 23.0 Å². The van der Waals surface area contributed by atoms with Gasteiger partial charge in [-0.2, -0.15) is 23.5 Å². The Morgan fingerprint density at radius 2 is 2.09 bits per heavy atom. The molecule has 0 saturated carbocycles. The Morgan fingerprint density at radius 1 is 1.36 bits per heavy atom. The second kappa shape index (κ2) is 7.52. The summed E-state index contributed by atoms with van der Waals surface area (Å²) in [6.07, 6.45) is -0.887. The van der Waals surface area contributed by atoms with Gasteiger partial charge in [0.25, 0.3) is 5.91 Å². The number of rotatable bonds is 4. The molecular formula is C18H14F3N9O2S. The summed E-state index contributed by atoms with van der Waals surface area (Å²) in [6, 6.07) is 2.07. The summed E-state index contributed by atoms with van der Waals surface area (Å²) in [5, 5.41) is 13.1. The number of hydrogen-bond donors (Lipinski definition) is 1. The van der Waals surface area contributed by atoms with Crippen molar-refractivity contribution in [2.75, 3.05) is 5.75 Å². The molecule has 1 unspecified atom stereocenters. The number of aryl methyl sites for hydroxylation is 1. The highest BCUT2D eigenvalue weighted by Gasteiger charge is 2.34. The van der Waals surface area contributed by atoms with Crippen LogP contribution in [0.15, 0.2) is 33.9 Å². The van der Waals surface area contributed by atoms with Crippen molar-refractivity contribution in [3.63, 3.8) is 0 Å². The molecule has 4 aromatic heterocycles. The summed E-state index contributed by atoms with van der Waals surface area (Å²) in [5.41, 5.74) is 4.45. The molecule has 0 fully saturated rings. The molecule has 0 aromatic carbocycles. The molecular weight excluding hydrogens is 463 g/mol. The van der Waals surface area contributed by atoms with Gasteiger partial charge in [-0.15, -0.1) is 4.36 Å². The van der Waals surface area contributed by atoms with E-state index in [9.17, 15) is 22.2 Å². The molecule has 1 amide bonds. The van der Waals surface area contributed by atoms with Crippen molar-refractivity contribution >= 4 is 32.3 Å². The van der Waals surface area contributed by atoms with Crippen LogP contribution in [0.2, 0.25) is 0 Å². The van der Waals surface area contributed by atoms with Gasteiger partial charge in [0.1, 0.15) is 26.9 Å². The monoisotopic (exact) mass is 477 g/mol. The van der Waals surface area contributed by atoms with Gasteiger partial charge in [0.05, 0.1) is 22.8 Å². The summed E-state index contributed by atoms with van der Waals surface area (Å²) in [6.45, 7) is 1.52. The smallest absolute Gasteiger partial charge is 0.364 e. The lowest BCUT2D eigenvalue weighted by Gasteiger charge is -2.06.